The maximum atomic E-state index is 13.3. The Balaban J connectivity index is 1.79. The van der Waals surface area contributed by atoms with Crippen molar-refractivity contribution in [3.05, 3.63) is 0 Å². The lowest BCUT2D eigenvalue weighted by atomic mass is 9.81. The van der Waals surface area contributed by atoms with Gasteiger partial charge in [0.05, 0.1) is 6.04 Å². The number of ketones is 1. The van der Waals surface area contributed by atoms with Gasteiger partial charge in [0.1, 0.15) is 6.04 Å². The van der Waals surface area contributed by atoms with Gasteiger partial charge in [0.15, 0.2) is 0 Å². The zero-order chi connectivity index (χ0) is 21.9. The molecule has 2 saturated carbocycles. The number of piperidine rings is 1. The number of carbonyl (C=O) groups is 4. The molecule has 0 aromatic rings. The molecule has 3 rings (SSSR count). The Kier molecular flexibility index (Phi) is 5.33. The van der Waals surface area contributed by atoms with Crippen LogP contribution >= 0.6 is 0 Å². The molecular formula is C22H35N3O4. The summed E-state index contributed by atoms with van der Waals surface area (Å²) in [5.74, 6) is -1.67. The van der Waals surface area contributed by atoms with Gasteiger partial charge in [-0.15, -0.1) is 0 Å². The number of amides is 3. The van der Waals surface area contributed by atoms with Crippen molar-refractivity contribution in [1.82, 2.24) is 10.2 Å². The van der Waals surface area contributed by atoms with Crippen molar-refractivity contribution >= 4 is 23.5 Å². The number of fused-ring (bicyclic) bond motifs is 1. The lowest BCUT2D eigenvalue weighted by Gasteiger charge is -2.36. The Morgan fingerprint density at radius 1 is 1.17 bits per heavy atom. The number of rotatable bonds is 7. The number of likely N-dealkylation sites (tertiary alicyclic amines) is 1. The highest BCUT2D eigenvalue weighted by atomic mass is 16.2. The first-order valence-corrected chi connectivity index (χ1v) is 10.7. The fraction of sp³-hybridized carbons (Fsp3) is 0.818. The van der Waals surface area contributed by atoms with Gasteiger partial charge in [-0.05, 0) is 35.0 Å². The molecule has 0 radical (unpaired) electrons. The van der Waals surface area contributed by atoms with Gasteiger partial charge in [-0.3, -0.25) is 19.2 Å². The molecule has 1 unspecified atom stereocenters. The second kappa shape index (κ2) is 7.10. The third-order valence-corrected chi connectivity index (χ3v) is 7.57. The second-order valence-corrected chi connectivity index (χ2v) is 10.9. The van der Waals surface area contributed by atoms with Crippen molar-refractivity contribution in [3.8, 4) is 0 Å². The molecule has 1 heterocycles. The monoisotopic (exact) mass is 405 g/mol. The molecule has 0 aromatic heterocycles. The molecule has 162 valence electrons. The molecule has 0 spiro atoms. The predicted molar refractivity (Wildman–Crippen MR) is 108 cm³/mol. The minimum absolute atomic E-state index is 0.0105. The van der Waals surface area contributed by atoms with E-state index >= 15 is 0 Å². The Morgan fingerprint density at radius 3 is 2.24 bits per heavy atom. The van der Waals surface area contributed by atoms with Gasteiger partial charge in [-0.25, -0.2) is 0 Å². The van der Waals surface area contributed by atoms with Crippen LogP contribution in [0.15, 0.2) is 0 Å². The average molecular weight is 406 g/mol. The number of Topliss-reactive ketones (excluding diaryl/α,β-unsaturated/α-hetero) is 1. The average Bonchev–Trinajstić information content (AvgIpc) is 3.45. The molecular weight excluding hydrogens is 370 g/mol. The molecule has 1 saturated heterocycles. The van der Waals surface area contributed by atoms with E-state index < -0.39 is 23.8 Å². The predicted octanol–water partition coefficient (Wildman–Crippen LogP) is 1.49. The van der Waals surface area contributed by atoms with E-state index in [9.17, 15) is 19.2 Å². The molecule has 0 bridgehead atoms. The highest BCUT2D eigenvalue weighted by Gasteiger charge is 2.69. The van der Waals surface area contributed by atoms with Crippen LogP contribution in [0.3, 0.4) is 0 Å². The van der Waals surface area contributed by atoms with Crippen molar-refractivity contribution in [1.29, 1.82) is 0 Å². The summed E-state index contributed by atoms with van der Waals surface area (Å²) in [5, 5.41) is 2.79. The smallest absolute Gasteiger partial charge is 0.287 e. The summed E-state index contributed by atoms with van der Waals surface area (Å²) >= 11 is 0. The van der Waals surface area contributed by atoms with Gasteiger partial charge in [0.2, 0.25) is 17.6 Å². The Bertz CT molecular complexity index is 735. The first kappa shape index (κ1) is 21.8. The standard InChI is InChI=1S/C22H35N3O4/c1-11(21(2,3)4)20(29)25-10-13-15(22(13,5)6)16(25)19(28)24-14(9-12-7-8-12)17(26)18(23)27/h11-16H,7-10H2,1-6H3,(H2,23,27)(H,24,28)/t11-,13+,14?,15+,16+/m1/s1. The minimum Gasteiger partial charge on any atom is -0.363 e. The number of nitrogens with one attached hydrogen (secondary N) is 1. The van der Waals surface area contributed by atoms with Gasteiger partial charge in [-0.2, -0.15) is 0 Å². The van der Waals surface area contributed by atoms with E-state index in [2.05, 4.69) is 19.2 Å². The molecule has 7 heteroatoms. The van der Waals surface area contributed by atoms with E-state index in [1.165, 1.54) is 0 Å². The number of nitrogens with two attached hydrogens (primary N) is 1. The van der Waals surface area contributed by atoms with Crippen LogP contribution in [0.5, 0.6) is 0 Å². The van der Waals surface area contributed by atoms with Crippen LogP contribution in [-0.4, -0.2) is 47.0 Å². The Labute approximate surface area is 173 Å². The van der Waals surface area contributed by atoms with Gasteiger partial charge in [0.25, 0.3) is 5.91 Å². The highest BCUT2D eigenvalue weighted by molar-refractivity contribution is 6.37. The summed E-state index contributed by atoms with van der Waals surface area (Å²) in [7, 11) is 0. The Morgan fingerprint density at radius 2 is 1.76 bits per heavy atom. The largest absolute Gasteiger partial charge is 0.363 e. The molecule has 3 N–H and O–H groups in total. The second-order valence-electron chi connectivity index (χ2n) is 10.9. The molecule has 7 nitrogen and oxygen atoms in total. The summed E-state index contributed by atoms with van der Waals surface area (Å²) < 4.78 is 0. The molecule has 5 atom stereocenters. The van der Waals surface area contributed by atoms with E-state index in [0.29, 0.717) is 18.9 Å². The number of hydrogen-bond donors (Lipinski definition) is 2. The number of hydrogen-bond acceptors (Lipinski definition) is 4. The number of carbonyl (C=O) groups excluding carboxylic acids is 4. The highest BCUT2D eigenvalue weighted by Crippen LogP contribution is 2.65. The van der Waals surface area contributed by atoms with Crippen molar-refractivity contribution in [2.24, 2.45) is 40.2 Å². The minimum atomic E-state index is -1.03. The van der Waals surface area contributed by atoms with Crippen molar-refractivity contribution in [2.75, 3.05) is 6.54 Å². The normalized spacial score (nSPS) is 29.6. The molecule has 3 amide bonds. The summed E-state index contributed by atoms with van der Waals surface area (Å²) in [4.78, 5) is 51.9. The van der Waals surface area contributed by atoms with E-state index in [-0.39, 0.29) is 40.4 Å². The van der Waals surface area contributed by atoms with E-state index in [4.69, 9.17) is 5.73 Å². The zero-order valence-corrected chi connectivity index (χ0v) is 18.5. The maximum Gasteiger partial charge on any atom is 0.287 e. The number of nitrogens with zero attached hydrogens (tertiary/aromatic N) is 1. The molecule has 3 aliphatic rings. The summed E-state index contributed by atoms with van der Waals surface area (Å²) in [6, 6.07) is -1.50. The zero-order valence-electron chi connectivity index (χ0n) is 18.5. The van der Waals surface area contributed by atoms with E-state index in [1.54, 1.807) is 4.90 Å². The lowest BCUT2D eigenvalue weighted by Crippen LogP contribution is -2.56. The fourth-order valence-electron chi connectivity index (χ4n) is 4.78. The first-order valence-electron chi connectivity index (χ1n) is 10.7. The van der Waals surface area contributed by atoms with Crippen LogP contribution < -0.4 is 11.1 Å². The van der Waals surface area contributed by atoms with Crippen LogP contribution in [0, 0.1) is 34.5 Å². The van der Waals surface area contributed by atoms with E-state index in [0.717, 1.165) is 12.8 Å². The van der Waals surface area contributed by atoms with Gasteiger partial charge >= 0.3 is 0 Å². The molecule has 1 aliphatic heterocycles. The molecule has 3 fully saturated rings. The first-order chi connectivity index (χ1) is 13.3. The van der Waals surface area contributed by atoms with Gasteiger partial charge < -0.3 is 16.0 Å². The van der Waals surface area contributed by atoms with Crippen LogP contribution in [0.25, 0.3) is 0 Å². The van der Waals surface area contributed by atoms with E-state index in [1.807, 2.05) is 27.7 Å². The van der Waals surface area contributed by atoms with Crippen LogP contribution in [0.4, 0.5) is 0 Å². The third kappa shape index (κ3) is 4.05. The maximum absolute atomic E-state index is 13.3. The summed E-state index contributed by atoms with van der Waals surface area (Å²) in [5.41, 5.74) is 4.98. The molecule has 0 aromatic carbocycles. The lowest BCUT2D eigenvalue weighted by molar-refractivity contribution is -0.146. The van der Waals surface area contributed by atoms with Crippen LogP contribution in [0.2, 0.25) is 0 Å². The summed E-state index contributed by atoms with van der Waals surface area (Å²) in [6.07, 6.45) is 2.42. The SMILES string of the molecule is C[C@H](C(=O)N1C[C@H]2[C@@H]([C@H]1C(=O)NC(CC1CC1)C(=O)C(N)=O)C2(C)C)C(C)(C)C. The summed E-state index contributed by atoms with van der Waals surface area (Å²) in [6.45, 7) is 12.8. The van der Waals surface area contributed by atoms with Crippen LogP contribution in [0.1, 0.15) is 60.8 Å². The fourth-order valence-corrected chi connectivity index (χ4v) is 4.78. The molecule has 2 aliphatic carbocycles. The topological polar surface area (TPSA) is 110 Å². The molecule has 29 heavy (non-hydrogen) atoms. The van der Waals surface area contributed by atoms with Crippen molar-refractivity contribution in [2.45, 2.75) is 72.9 Å². The third-order valence-electron chi connectivity index (χ3n) is 7.57. The Hall–Kier alpha value is -1.92. The number of primary amides is 1. The van der Waals surface area contributed by atoms with Crippen LogP contribution in [-0.2, 0) is 19.2 Å². The van der Waals surface area contributed by atoms with Gasteiger partial charge in [-0.1, -0.05) is 54.4 Å². The quantitative estimate of drug-likeness (QED) is 0.625. The van der Waals surface area contributed by atoms with Crippen molar-refractivity contribution < 1.29 is 19.2 Å². The van der Waals surface area contributed by atoms with Crippen molar-refractivity contribution in [3.63, 3.8) is 0 Å². The van der Waals surface area contributed by atoms with Gasteiger partial charge in [0, 0.05) is 12.5 Å².